The van der Waals surface area contributed by atoms with E-state index in [0.717, 1.165) is 0 Å². The van der Waals surface area contributed by atoms with Crippen LogP contribution in [0.5, 0.6) is 0 Å². The number of halogens is 1. The molecule has 0 saturated heterocycles. The lowest BCUT2D eigenvalue weighted by atomic mass is 9.94. The van der Waals surface area contributed by atoms with E-state index in [0.29, 0.717) is 5.56 Å². The molecule has 5 nitrogen and oxygen atoms in total. The monoisotopic (exact) mass is 277 g/mol. The molecule has 1 aliphatic carbocycles. The quantitative estimate of drug-likeness (QED) is 0.826. The Labute approximate surface area is 120 Å². The molecular weight excluding hydrogens is 269 g/mol. The third kappa shape index (κ3) is 1.88. The van der Waals surface area contributed by atoms with Gasteiger partial charge in [-0.05, 0) is 17.7 Å². The lowest BCUT2D eigenvalue weighted by Crippen LogP contribution is -2.17. The second kappa shape index (κ2) is 4.97. The summed E-state index contributed by atoms with van der Waals surface area (Å²) in [5.41, 5.74) is 4.39. The number of allylic oxidation sites excluding steroid dienone is 2. The maximum absolute atomic E-state index is 13.0. The van der Waals surface area contributed by atoms with Crippen molar-refractivity contribution in [2.75, 3.05) is 0 Å². The molecule has 21 heavy (non-hydrogen) atoms. The average molecular weight is 277 g/mol. The van der Waals surface area contributed by atoms with E-state index in [1.807, 2.05) is 12.1 Å². The van der Waals surface area contributed by atoms with Gasteiger partial charge in [0.1, 0.15) is 28.9 Å². The van der Waals surface area contributed by atoms with Crippen molar-refractivity contribution < 1.29 is 4.39 Å². The molecular formula is C15H8FN5. The SMILES string of the molecule is N#CC(C#N)=C(N)[C@]1(C#N)[C@H](C#N)[C@H]1c1ccc(F)cc1. The smallest absolute Gasteiger partial charge is 0.150 e. The Hall–Kier alpha value is -3.35. The molecule has 100 valence electrons. The Kier molecular flexibility index (Phi) is 3.33. The third-order valence-corrected chi connectivity index (χ3v) is 3.70. The van der Waals surface area contributed by atoms with Crippen LogP contribution in [0.15, 0.2) is 35.5 Å². The van der Waals surface area contributed by atoms with Gasteiger partial charge in [0.15, 0.2) is 0 Å². The van der Waals surface area contributed by atoms with Crippen LogP contribution in [0.1, 0.15) is 11.5 Å². The van der Waals surface area contributed by atoms with Crippen LogP contribution in [0.3, 0.4) is 0 Å². The lowest BCUT2D eigenvalue weighted by molar-refractivity contribution is 0.626. The number of hydrogen-bond donors (Lipinski definition) is 1. The van der Waals surface area contributed by atoms with Gasteiger partial charge in [0.2, 0.25) is 0 Å². The maximum Gasteiger partial charge on any atom is 0.150 e. The third-order valence-electron chi connectivity index (χ3n) is 3.70. The van der Waals surface area contributed by atoms with Crippen LogP contribution in [-0.2, 0) is 0 Å². The summed E-state index contributed by atoms with van der Waals surface area (Å²) in [6.07, 6.45) is 0. The molecule has 1 saturated carbocycles. The van der Waals surface area contributed by atoms with E-state index in [1.165, 1.54) is 24.3 Å². The number of nitriles is 4. The molecule has 1 aliphatic rings. The Morgan fingerprint density at radius 3 is 2.10 bits per heavy atom. The first kappa shape index (κ1) is 14.1. The molecule has 2 rings (SSSR count). The summed E-state index contributed by atoms with van der Waals surface area (Å²) in [5, 5.41) is 36.4. The maximum atomic E-state index is 13.0. The van der Waals surface area contributed by atoms with Crippen molar-refractivity contribution in [1.82, 2.24) is 0 Å². The Morgan fingerprint density at radius 2 is 1.67 bits per heavy atom. The highest BCUT2D eigenvalue weighted by atomic mass is 19.1. The van der Waals surface area contributed by atoms with E-state index in [-0.39, 0.29) is 11.3 Å². The summed E-state index contributed by atoms with van der Waals surface area (Å²) >= 11 is 0. The van der Waals surface area contributed by atoms with Gasteiger partial charge in [0, 0.05) is 5.92 Å². The minimum absolute atomic E-state index is 0.198. The van der Waals surface area contributed by atoms with E-state index >= 15 is 0 Å². The topological polar surface area (TPSA) is 121 Å². The zero-order valence-electron chi connectivity index (χ0n) is 10.7. The van der Waals surface area contributed by atoms with Crippen LogP contribution in [0.2, 0.25) is 0 Å². The first-order valence-corrected chi connectivity index (χ1v) is 5.93. The number of rotatable bonds is 2. The standard InChI is InChI=1S/C15H8FN5/c16-11-3-1-9(2-4-11)13-12(7-19)15(13,8-20)14(21)10(5-17)6-18/h1-4,12-13H,21H2/t12-,13-,15-/m1/s1. The predicted octanol–water partition coefficient (Wildman–Crippen LogP) is 1.83. The molecule has 0 radical (unpaired) electrons. The van der Waals surface area contributed by atoms with Crippen LogP contribution >= 0.6 is 0 Å². The fourth-order valence-corrected chi connectivity index (χ4v) is 2.58. The second-order valence-electron chi connectivity index (χ2n) is 4.63. The molecule has 0 aliphatic heterocycles. The fraction of sp³-hybridized carbons (Fsp3) is 0.200. The minimum atomic E-state index is -1.41. The van der Waals surface area contributed by atoms with Crippen LogP contribution in [0, 0.1) is 62.5 Å². The molecule has 0 amide bonds. The van der Waals surface area contributed by atoms with E-state index in [2.05, 4.69) is 0 Å². The highest BCUT2D eigenvalue weighted by Crippen LogP contribution is 2.67. The van der Waals surface area contributed by atoms with Crippen molar-refractivity contribution in [3.05, 3.63) is 46.9 Å². The van der Waals surface area contributed by atoms with E-state index in [4.69, 9.17) is 16.3 Å². The predicted molar refractivity (Wildman–Crippen MR) is 68.7 cm³/mol. The molecule has 1 aromatic rings. The van der Waals surface area contributed by atoms with Gasteiger partial charge in [-0.3, -0.25) is 0 Å². The highest BCUT2D eigenvalue weighted by Gasteiger charge is 2.69. The molecule has 0 aromatic heterocycles. The number of nitrogens with zero attached hydrogens (tertiary/aromatic N) is 4. The molecule has 6 heteroatoms. The number of hydrogen-bond acceptors (Lipinski definition) is 5. The molecule has 1 aromatic carbocycles. The van der Waals surface area contributed by atoms with E-state index in [1.54, 1.807) is 12.1 Å². The molecule has 0 unspecified atom stereocenters. The first-order valence-electron chi connectivity index (χ1n) is 5.93. The summed E-state index contributed by atoms with van der Waals surface area (Å²) in [5.74, 6) is -1.79. The Morgan fingerprint density at radius 1 is 1.10 bits per heavy atom. The van der Waals surface area contributed by atoms with Gasteiger partial charge in [-0.25, -0.2) is 4.39 Å². The second-order valence-corrected chi connectivity index (χ2v) is 4.63. The summed E-state index contributed by atoms with van der Waals surface area (Å²) in [6, 6.07) is 12.6. The van der Waals surface area contributed by atoms with Crippen molar-refractivity contribution in [1.29, 1.82) is 21.0 Å². The van der Waals surface area contributed by atoms with Gasteiger partial charge in [0.25, 0.3) is 0 Å². The van der Waals surface area contributed by atoms with Gasteiger partial charge in [-0.2, -0.15) is 21.0 Å². The highest BCUT2D eigenvalue weighted by molar-refractivity contribution is 5.55. The van der Waals surface area contributed by atoms with E-state index < -0.39 is 23.1 Å². The number of nitrogens with two attached hydrogens (primary N) is 1. The van der Waals surface area contributed by atoms with Gasteiger partial charge in [-0.1, -0.05) is 12.1 Å². The Bertz CT molecular complexity index is 766. The number of benzene rings is 1. The Balaban J connectivity index is 2.57. The zero-order valence-corrected chi connectivity index (χ0v) is 10.7. The summed E-state index contributed by atoms with van der Waals surface area (Å²) in [7, 11) is 0. The van der Waals surface area contributed by atoms with Crippen molar-refractivity contribution in [2.45, 2.75) is 5.92 Å². The fourth-order valence-electron chi connectivity index (χ4n) is 2.58. The van der Waals surface area contributed by atoms with Gasteiger partial charge in [0.05, 0.1) is 23.8 Å². The molecule has 0 bridgehead atoms. The van der Waals surface area contributed by atoms with Crippen LogP contribution in [-0.4, -0.2) is 0 Å². The minimum Gasteiger partial charge on any atom is -0.399 e. The summed E-state index contributed by atoms with van der Waals surface area (Å²) in [6.45, 7) is 0. The average Bonchev–Trinajstić information content (AvgIpc) is 3.18. The summed E-state index contributed by atoms with van der Waals surface area (Å²) < 4.78 is 13.0. The van der Waals surface area contributed by atoms with Crippen molar-refractivity contribution >= 4 is 0 Å². The molecule has 3 atom stereocenters. The largest absolute Gasteiger partial charge is 0.399 e. The summed E-state index contributed by atoms with van der Waals surface area (Å²) in [4.78, 5) is 0. The molecule has 0 spiro atoms. The first-order chi connectivity index (χ1) is 10.1. The van der Waals surface area contributed by atoms with Crippen molar-refractivity contribution in [3.63, 3.8) is 0 Å². The van der Waals surface area contributed by atoms with Gasteiger partial charge >= 0.3 is 0 Å². The lowest BCUT2D eigenvalue weighted by Gasteiger charge is -2.09. The van der Waals surface area contributed by atoms with Crippen LogP contribution in [0.25, 0.3) is 0 Å². The molecule has 1 fully saturated rings. The van der Waals surface area contributed by atoms with Crippen LogP contribution < -0.4 is 5.73 Å². The van der Waals surface area contributed by atoms with Gasteiger partial charge < -0.3 is 5.73 Å². The van der Waals surface area contributed by atoms with Crippen LogP contribution in [0.4, 0.5) is 4.39 Å². The van der Waals surface area contributed by atoms with Crippen molar-refractivity contribution in [2.24, 2.45) is 17.1 Å². The zero-order chi connectivity index (χ0) is 15.6. The molecule has 2 N–H and O–H groups in total. The normalized spacial score (nSPS) is 25.6. The van der Waals surface area contributed by atoms with E-state index in [9.17, 15) is 14.9 Å². The van der Waals surface area contributed by atoms with Crippen molar-refractivity contribution in [3.8, 4) is 24.3 Å². The van der Waals surface area contributed by atoms with Gasteiger partial charge in [-0.15, -0.1) is 0 Å². The molecule has 0 heterocycles.